The minimum absolute atomic E-state index is 0.199. The third-order valence-electron chi connectivity index (χ3n) is 4.04. The van der Waals surface area contributed by atoms with Crippen LogP contribution in [0.4, 0.5) is 13.2 Å². The Morgan fingerprint density at radius 3 is 2.45 bits per heavy atom. The highest BCUT2D eigenvalue weighted by Crippen LogP contribution is 2.36. The van der Waals surface area contributed by atoms with Crippen LogP contribution in [-0.2, 0) is 0 Å². The standard InChI is InChI=1S/C15H20F3NO/c1-10-5-7-11(8-6-10)14(19)12-3-2-4-13(9-12)20-15(16,17)18/h2-4,9-11,14H,5-8,19H2,1H3. The normalized spacial score (nSPS) is 25.2. The second kappa shape index (κ2) is 6.04. The van der Waals surface area contributed by atoms with Gasteiger partial charge in [-0.25, -0.2) is 0 Å². The van der Waals surface area contributed by atoms with E-state index in [0.717, 1.165) is 31.6 Å². The predicted octanol–water partition coefficient (Wildman–Crippen LogP) is 4.41. The molecule has 0 amide bonds. The van der Waals surface area contributed by atoms with Gasteiger partial charge >= 0.3 is 6.36 Å². The largest absolute Gasteiger partial charge is 0.573 e. The number of alkyl halides is 3. The maximum Gasteiger partial charge on any atom is 0.573 e. The first-order valence-corrected chi connectivity index (χ1v) is 6.96. The number of rotatable bonds is 3. The monoisotopic (exact) mass is 287 g/mol. The van der Waals surface area contributed by atoms with Gasteiger partial charge in [-0.2, -0.15) is 0 Å². The van der Waals surface area contributed by atoms with Gasteiger partial charge in [-0.15, -0.1) is 13.2 Å². The zero-order valence-corrected chi connectivity index (χ0v) is 11.5. The van der Waals surface area contributed by atoms with E-state index < -0.39 is 6.36 Å². The predicted molar refractivity (Wildman–Crippen MR) is 71.2 cm³/mol. The Morgan fingerprint density at radius 2 is 1.85 bits per heavy atom. The fourth-order valence-corrected chi connectivity index (χ4v) is 2.84. The quantitative estimate of drug-likeness (QED) is 0.893. The summed E-state index contributed by atoms with van der Waals surface area (Å²) in [5.74, 6) is 0.861. The lowest BCUT2D eigenvalue weighted by molar-refractivity contribution is -0.274. The molecular formula is C15H20F3NO. The molecule has 0 spiro atoms. The highest BCUT2D eigenvalue weighted by Gasteiger charge is 2.31. The van der Waals surface area contributed by atoms with E-state index in [1.54, 1.807) is 12.1 Å². The molecule has 1 aliphatic rings. The maximum atomic E-state index is 12.2. The van der Waals surface area contributed by atoms with E-state index in [1.807, 2.05) is 0 Å². The zero-order chi connectivity index (χ0) is 14.8. The summed E-state index contributed by atoms with van der Waals surface area (Å²) in [5, 5.41) is 0. The molecule has 1 aromatic rings. The Bertz CT molecular complexity index is 439. The van der Waals surface area contributed by atoms with Gasteiger partial charge in [-0.3, -0.25) is 0 Å². The lowest BCUT2D eigenvalue weighted by Gasteiger charge is -2.31. The molecule has 0 radical (unpaired) electrons. The second-order valence-electron chi connectivity index (χ2n) is 5.67. The summed E-state index contributed by atoms with van der Waals surface area (Å²) in [6, 6.07) is 5.80. The summed E-state index contributed by atoms with van der Waals surface area (Å²) < 4.78 is 40.6. The van der Waals surface area contributed by atoms with Crippen LogP contribution in [-0.4, -0.2) is 6.36 Å². The van der Waals surface area contributed by atoms with Crippen molar-refractivity contribution in [2.45, 2.75) is 45.0 Å². The summed E-state index contributed by atoms with van der Waals surface area (Å²) in [6.07, 6.45) is -0.323. The van der Waals surface area contributed by atoms with Gasteiger partial charge in [0.1, 0.15) is 5.75 Å². The molecule has 2 nitrogen and oxygen atoms in total. The van der Waals surface area contributed by atoms with Crippen LogP contribution in [0.25, 0.3) is 0 Å². The first-order chi connectivity index (χ1) is 9.35. The van der Waals surface area contributed by atoms with E-state index >= 15 is 0 Å². The van der Waals surface area contributed by atoms with E-state index in [9.17, 15) is 13.2 Å². The smallest absolute Gasteiger partial charge is 0.406 e. The SMILES string of the molecule is CC1CCC(C(N)c2cccc(OC(F)(F)F)c2)CC1. The molecule has 112 valence electrons. The summed E-state index contributed by atoms with van der Waals surface area (Å²) in [4.78, 5) is 0. The van der Waals surface area contributed by atoms with Crippen LogP contribution in [0.3, 0.4) is 0 Å². The molecule has 1 fully saturated rings. The Balaban J connectivity index is 2.06. The van der Waals surface area contributed by atoms with Crippen LogP contribution in [0.1, 0.15) is 44.2 Å². The van der Waals surface area contributed by atoms with Crippen LogP contribution in [0.5, 0.6) is 5.75 Å². The van der Waals surface area contributed by atoms with Crippen LogP contribution >= 0.6 is 0 Å². The molecule has 0 aromatic heterocycles. The number of hydrogen-bond donors (Lipinski definition) is 1. The second-order valence-corrected chi connectivity index (χ2v) is 5.67. The molecule has 0 saturated heterocycles. The highest BCUT2D eigenvalue weighted by atomic mass is 19.4. The summed E-state index contributed by atoms with van der Waals surface area (Å²) in [7, 11) is 0. The molecular weight excluding hydrogens is 267 g/mol. The molecule has 1 aromatic carbocycles. The molecule has 5 heteroatoms. The molecule has 1 unspecified atom stereocenters. The first kappa shape index (κ1) is 15.2. The van der Waals surface area contributed by atoms with Gasteiger partial charge in [0, 0.05) is 6.04 Å². The van der Waals surface area contributed by atoms with Crippen molar-refractivity contribution in [3.05, 3.63) is 29.8 Å². The minimum Gasteiger partial charge on any atom is -0.406 e. The van der Waals surface area contributed by atoms with Crippen molar-refractivity contribution >= 4 is 0 Å². The molecule has 1 aliphatic carbocycles. The maximum absolute atomic E-state index is 12.2. The molecule has 0 heterocycles. The number of benzene rings is 1. The molecule has 0 aliphatic heterocycles. The van der Waals surface area contributed by atoms with E-state index in [4.69, 9.17) is 5.73 Å². The first-order valence-electron chi connectivity index (χ1n) is 6.96. The van der Waals surface area contributed by atoms with E-state index in [0.29, 0.717) is 11.5 Å². The van der Waals surface area contributed by atoms with Crippen LogP contribution in [0.2, 0.25) is 0 Å². The number of nitrogens with two attached hydrogens (primary N) is 1. The third kappa shape index (κ3) is 4.13. The zero-order valence-electron chi connectivity index (χ0n) is 11.5. The van der Waals surface area contributed by atoms with E-state index in [2.05, 4.69) is 11.7 Å². The average molecular weight is 287 g/mol. The van der Waals surface area contributed by atoms with Crippen molar-refractivity contribution in [2.24, 2.45) is 17.6 Å². The lowest BCUT2D eigenvalue weighted by atomic mass is 9.78. The summed E-state index contributed by atoms with van der Waals surface area (Å²) in [6.45, 7) is 2.22. The Kier molecular flexibility index (Phi) is 4.58. The van der Waals surface area contributed by atoms with Gasteiger partial charge in [-0.05, 0) is 42.4 Å². The molecule has 2 N–H and O–H groups in total. The topological polar surface area (TPSA) is 35.2 Å². The minimum atomic E-state index is -4.66. The number of hydrogen-bond acceptors (Lipinski definition) is 2. The Hall–Kier alpha value is -1.23. The van der Waals surface area contributed by atoms with Crippen LogP contribution in [0, 0.1) is 11.8 Å². The van der Waals surface area contributed by atoms with E-state index in [1.165, 1.54) is 12.1 Å². The third-order valence-corrected chi connectivity index (χ3v) is 4.04. The van der Waals surface area contributed by atoms with Gasteiger partial charge in [0.25, 0.3) is 0 Å². The van der Waals surface area contributed by atoms with Crippen LogP contribution < -0.4 is 10.5 Å². The molecule has 0 bridgehead atoms. The lowest BCUT2D eigenvalue weighted by Crippen LogP contribution is -2.25. The molecule has 2 rings (SSSR count). The highest BCUT2D eigenvalue weighted by molar-refractivity contribution is 5.31. The van der Waals surface area contributed by atoms with Crippen molar-refractivity contribution in [3.8, 4) is 5.75 Å². The Morgan fingerprint density at radius 1 is 1.20 bits per heavy atom. The molecule has 1 saturated carbocycles. The van der Waals surface area contributed by atoms with Gasteiger partial charge in [-0.1, -0.05) is 31.9 Å². The van der Waals surface area contributed by atoms with Crippen molar-refractivity contribution in [2.75, 3.05) is 0 Å². The van der Waals surface area contributed by atoms with Gasteiger partial charge in [0.15, 0.2) is 0 Å². The van der Waals surface area contributed by atoms with Gasteiger partial charge < -0.3 is 10.5 Å². The van der Waals surface area contributed by atoms with Gasteiger partial charge in [0.05, 0.1) is 0 Å². The van der Waals surface area contributed by atoms with Crippen molar-refractivity contribution < 1.29 is 17.9 Å². The average Bonchev–Trinajstić information content (AvgIpc) is 2.37. The number of halogens is 3. The van der Waals surface area contributed by atoms with E-state index in [-0.39, 0.29) is 11.8 Å². The fourth-order valence-electron chi connectivity index (χ4n) is 2.84. The molecule has 20 heavy (non-hydrogen) atoms. The summed E-state index contributed by atoms with van der Waals surface area (Å²) >= 11 is 0. The van der Waals surface area contributed by atoms with Crippen molar-refractivity contribution in [3.63, 3.8) is 0 Å². The summed E-state index contributed by atoms with van der Waals surface area (Å²) in [5.41, 5.74) is 6.93. The molecule has 1 atom stereocenters. The Labute approximate surface area is 117 Å². The van der Waals surface area contributed by atoms with Crippen molar-refractivity contribution in [1.29, 1.82) is 0 Å². The van der Waals surface area contributed by atoms with Gasteiger partial charge in [0.2, 0.25) is 0 Å². The van der Waals surface area contributed by atoms with Crippen LogP contribution in [0.15, 0.2) is 24.3 Å². The number of ether oxygens (including phenoxy) is 1. The fraction of sp³-hybridized carbons (Fsp3) is 0.600. The van der Waals surface area contributed by atoms with Crippen molar-refractivity contribution in [1.82, 2.24) is 0 Å².